The van der Waals surface area contributed by atoms with Crippen molar-refractivity contribution in [3.8, 4) is 0 Å². The lowest BCUT2D eigenvalue weighted by atomic mass is 10.1. The zero-order valence-corrected chi connectivity index (χ0v) is 11.7. The second-order valence-electron chi connectivity index (χ2n) is 5.88. The van der Waals surface area contributed by atoms with E-state index in [0.29, 0.717) is 26.2 Å². The Morgan fingerprint density at radius 3 is 2.95 bits per heavy atom. The van der Waals surface area contributed by atoms with Gasteiger partial charge in [0.25, 0.3) is 0 Å². The number of fused-ring (bicyclic) bond motifs is 2. The number of benzene rings is 1. The monoisotopic (exact) mass is 286 g/mol. The topological polar surface area (TPSA) is 64.7 Å². The highest BCUT2D eigenvalue weighted by molar-refractivity contribution is 5.88. The van der Waals surface area contributed by atoms with Crippen LogP contribution in [0.5, 0.6) is 0 Å². The first-order valence-electron chi connectivity index (χ1n) is 7.40. The highest BCUT2D eigenvalue weighted by Gasteiger charge is 2.39. The Balaban J connectivity index is 1.44. The number of hydrogen-bond acceptors (Lipinski definition) is 3. The Bertz CT molecular complexity index is 578. The molecule has 3 aliphatic rings. The SMILES string of the molecule is O=C([C@@H]1Cc2ccccc2N1)N1CCN2C(=O)NCC2C1. The highest BCUT2D eigenvalue weighted by atomic mass is 16.2. The van der Waals surface area contributed by atoms with Gasteiger partial charge in [-0.25, -0.2) is 4.79 Å². The predicted molar refractivity (Wildman–Crippen MR) is 78.0 cm³/mol. The van der Waals surface area contributed by atoms with Gasteiger partial charge in [-0.2, -0.15) is 0 Å². The summed E-state index contributed by atoms with van der Waals surface area (Å²) in [6, 6.07) is 8.01. The zero-order chi connectivity index (χ0) is 14.4. The van der Waals surface area contributed by atoms with E-state index in [2.05, 4.69) is 16.7 Å². The molecule has 1 unspecified atom stereocenters. The molecule has 6 nitrogen and oxygen atoms in total. The Morgan fingerprint density at radius 2 is 2.10 bits per heavy atom. The summed E-state index contributed by atoms with van der Waals surface area (Å²) in [4.78, 5) is 28.0. The number of nitrogens with one attached hydrogen (secondary N) is 2. The molecule has 2 fully saturated rings. The molecule has 3 heterocycles. The number of piperazine rings is 1. The fraction of sp³-hybridized carbons (Fsp3) is 0.467. The average Bonchev–Trinajstić information content (AvgIpc) is 3.10. The van der Waals surface area contributed by atoms with Crippen molar-refractivity contribution in [3.05, 3.63) is 29.8 Å². The molecule has 2 N–H and O–H groups in total. The van der Waals surface area contributed by atoms with Gasteiger partial charge in [-0.3, -0.25) is 4.79 Å². The molecule has 110 valence electrons. The van der Waals surface area contributed by atoms with Crippen molar-refractivity contribution in [3.63, 3.8) is 0 Å². The first-order chi connectivity index (χ1) is 10.2. The molecule has 0 spiro atoms. The third-order valence-electron chi connectivity index (χ3n) is 4.61. The van der Waals surface area contributed by atoms with Crippen LogP contribution >= 0.6 is 0 Å². The zero-order valence-electron chi connectivity index (χ0n) is 11.7. The molecule has 3 aliphatic heterocycles. The van der Waals surface area contributed by atoms with Crippen LogP contribution in [-0.4, -0.2) is 60.0 Å². The Morgan fingerprint density at radius 1 is 1.24 bits per heavy atom. The van der Waals surface area contributed by atoms with Gasteiger partial charge in [0.05, 0.1) is 6.04 Å². The Labute approximate surface area is 123 Å². The smallest absolute Gasteiger partial charge is 0.317 e. The number of rotatable bonds is 1. The summed E-state index contributed by atoms with van der Waals surface area (Å²) in [6.07, 6.45) is 0.747. The molecule has 21 heavy (non-hydrogen) atoms. The van der Waals surface area contributed by atoms with Crippen LogP contribution in [0.3, 0.4) is 0 Å². The predicted octanol–water partition coefficient (Wildman–Crippen LogP) is 0.259. The van der Waals surface area contributed by atoms with Crippen LogP contribution in [0.2, 0.25) is 0 Å². The summed E-state index contributed by atoms with van der Waals surface area (Å²) < 4.78 is 0. The van der Waals surface area contributed by atoms with Gasteiger partial charge in [0, 0.05) is 38.3 Å². The van der Waals surface area contributed by atoms with E-state index in [4.69, 9.17) is 0 Å². The normalized spacial score (nSPS) is 27.0. The van der Waals surface area contributed by atoms with Gasteiger partial charge in [-0.05, 0) is 11.6 Å². The lowest BCUT2D eigenvalue weighted by Gasteiger charge is -2.37. The van der Waals surface area contributed by atoms with Gasteiger partial charge in [-0.15, -0.1) is 0 Å². The largest absolute Gasteiger partial charge is 0.373 e. The number of para-hydroxylation sites is 1. The minimum Gasteiger partial charge on any atom is -0.373 e. The third kappa shape index (κ3) is 2.02. The fourth-order valence-corrected chi connectivity index (χ4v) is 3.47. The Kier molecular flexibility index (Phi) is 2.77. The molecular weight excluding hydrogens is 268 g/mol. The highest BCUT2D eigenvalue weighted by Crippen LogP contribution is 2.26. The number of anilines is 1. The van der Waals surface area contributed by atoms with Crippen LogP contribution in [-0.2, 0) is 11.2 Å². The van der Waals surface area contributed by atoms with E-state index in [1.54, 1.807) is 0 Å². The first-order valence-corrected chi connectivity index (χ1v) is 7.40. The minimum atomic E-state index is -0.168. The quantitative estimate of drug-likeness (QED) is 0.778. The molecule has 2 saturated heterocycles. The van der Waals surface area contributed by atoms with Crippen molar-refractivity contribution < 1.29 is 9.59 Å². The Hall–Kier alpha value is -2.24. The van der Waals surface area contributed by atoms with Gasteiger partial charge in [0.2, 0.25) is 5.91 Å². The third-order valence-corrected chi connectivity index (χ3v) is 4.61. The van der Waals surface area contributed by atoms with Crippen molar-refractivity contribution in [2.24, 2.45) is 0 Å². The van der Waals surface area contributed by atoms with Crippen molar-refractivity contribution in [2.45, 2.75) is 18.5 Å². The summed E-state index contributed by atoms with van der Waals surface area (Å²) in [5.74, 6) is 0.144. The van der Waals surface area contributed by atoms with E-state index in [9.17, 15) is 9.59 Å². The molecule has 3 amide bonds. The maximum Gasteiger partial charge on any atom is 0.317 e. The van der Waals surface area contributed by atoms with Gasteiger partial charge in [0.1, 0.15) is 6.04 Å². The molecule has 0 radical (unpaired) electrons. The van der Waals surface area contributed by atoms with Crippen LogP contribution in [0.4, 0.5) is 10.5 Å². The van der Waals surface area contributed by atoms with E-state index in [-0.39, 0.29) is 24.0 Å². The molecule has 0 aliphatic carbocycles. The van der Waals surface area contributed by atoms with Crippen molar-refractivity contribution in [2.75, 3.05) is 31.5 Å². The molecule has 1 aromatic rings. The van der Waals surface area contributed by atoms with E-state index in [1.807, 2.05) is 28.0 Å². The molecule has 0 aromatic heterocycles. The van der Waals surface area contributed by atoms with Gasteiger partial charge >= 0.3 is 6.03 Å². The van der Waals surface area contributed by atoms with E-state index in [1.165, 1.54) is 5.56 Å². The van der Waals surface area contributed by atoms with Crippen LogP contribution in [0.1, 0.15) is 5.56 Å². The molecule has 1 aromatic carbocycles. The number of carbonyl (C=O) groups is 2. The summed E-state index contributed by atoms with van der Waals surface area (Å²) in [5.41, 5.74) is 2.26. The summed E-state index contributed by atoms with van der Waals surface area (Å²) in [7, 11) is 0. The lowest BCUT2D eigenvalue weighted by Crippen LogP contribution is -2.56. The van der Waals surface area contributed by atoms with Crippen LogP contribution in [0, 0.1) is 0 Å². The summed E-state index contributed by atoms with van der Waals surface area (Å²) >= 11 is 0. The second kappa shape index (κ2) is 4.65. The number of amides is 3. The maximum atomic E-state index is 12.7. The van der Waals surface area contributed by atoms with Crippen LogP contribution in [0.25, 0.3) is 0 Å². The van der Waals surface area contributed by atoms with E-state index >= 15 is 0 Å². The van der Waals surface area contributed by atoms with Gasteiger partial charge in [0.15, 0.2) is 0 Å². The number of hydrogen-bond donors (Lipinski definition) is 2. The molecule has 2 atom stereocenters. The first kappa shape index (κ1) is 12.5. The summed E-state index contributed by atoms with van der Waals surface area (Å²) in [5, 5.41) is 6.15. The van der Waals surface area contributed by atoms with E-state index in [0.717, 1.165) is 12.1 Å². The molecule has 0 saturated carbocycles. The van der Waals surface area contributed by atoms with Gasteiger partial charge in [-0.1, -0.05) is 18.2 Å². The van der Waals surface area contributed by atoms with Crippen molar-refractivity contribution >= 4 is 17.6 Å². The molecular formula is C15H18N4O2. The minimum absolute atomic E-state index is 0.00139. The number of urea groups is 1. The van der Waals surface area contributed by atoms with Gasteiger partial charge < -0.3 is 20.4 Å². The van der Waals surface area contributed by atoms with Crippen LogP contribution in [0.15, 0.2) is 24.3 Å². The second-order valence-corrected chi connectivity index (χ2v) is 5.88. The molecule has 4 rings (SSSR count). The number of carbonyl (C=O) groups excluding carboxylic acids is 2. The van der Waals surface area contributed by atoms with E-state index < -0.39 is 0 Å². The maximum absolute atomic E-state index is 12.7. The van der Waals surface area contributed by atoms with Crippen molar-refractivity contribution in [1.29, 1.82) is 0 Å². The standard InChI is InChI=1S/C15H18N4O2/c20-14(13-7-10-3-1-2-4-12(10)17-13)18-5-6-19-11(9-18)8-16-15(19)21/h1-4,11,13,17H,5-9H2,(H,16,21)/t11?,13-/m0/s1. The molecule has 0 bridgehead atoms. The average molecular weight is 286 g/mol. The summed E-state index contributed by atoms with van der Waals surface area (Å²) in [6.45, 7) is 2.52. The lowest BCUT2D eigenvalue weighted by molar-refractivity contribution is -0.134. The number of nitrogens with zero attached hydrogens (tertiary/aromatic N) is 2. The van der Waals surface area contributed by atoms with Crippen molar-refractivity contribution in [1.82, 2.24) is 15.1 Å². The fourth-order valence-electron chi connectivity index (χ4n) is 3.47. The molecule has 6 heteroatoms. The van der Waals surface area contributed by atoms with Crippen LogP contribution < -0.4 is 10.6 Å².